The van der Waals surface area contributed by atoms with E-state index >= 15 is 0 Å². The lowest BCUT2D eigenvalue weighted by Gasteiger charge is -2.21. The van der Waals surface area contributed by atoms with Gasteiger partial charge >= 0.3 is 12.0 Å². The van der Waals surface area contributed by atoms with Gasteiger partial charge in [0.1, 0.15) is 0 Å². The Labute approximate surface area is 77.9 Å². The second-order valence-electron chi connectivity index (χ2n) is 3.17. The molecule has 1 heterocycles. The van der Waals surface area contributed by atoms with Gasteiger partial charge in [0.2, 0.25) is 0 Å². The van der Waals surface area contributed by atoms with E-state index in [0.717, 1.165) is 12.8 Å². The van der Waals surface area contributed by atoms with Gasteiger partial charge in [0.15, 0.2) is 0 Å². The van der Waals surface area contributed by atoms with Gasteiger partial charge in [-0.2, -0.15) is 0 Å². The van der Waals surface area contributed by atoms with Crippen LogP contribution in [0, 0.1) is 0 Å². The molecule has 0 radical (unpaired) electrons. The largest absolute Gasteiger partial charge is 0.390 e. The Morgan fingerprint density at radius 1 is 1.54 bits per heavy atom. The summed E-state index contributed by atoms with van der Waals surface area (Å²) in [6.07, 6.45) is 2.23. The number of hydrogen-bond acceptors (Lipinski definition) is 5. The Hall–Kier alpha value is -1.26. The number of aromatic nitrogens is 2. The summed E-state index contributed by atoms with van der Waals surface area (Å²) in [6, 6.07) is 0.994. The molecule has 0 aliphatic carbocycles. The predicted octanol–water partition coefficient (Wildman–Crippen LogP) is 1.28. The zero-order valence-corrected chi connectivity index (χ0v) is 8.32. The highest BCUT2D eigenvalue weighted by Crippen LogP contribution is 2.16. The van der Waals surface area contributed by atoms with Crippen LogP contribution in [0.5, 0.6) is 0 Å². The van der Waals surface area contributed by atoms with Crippen LogP contribution >= 0.6 is 0 Å². The van der Waals surface area contributed by atoms with Crippen molar-refractivity contribution in [2.75, 3.05) is 17.7 Å². The lowest BCUT2D eigenvalue weighted by molar-refractivity contribution is 0.517. The fourth-order valence-corrected chi connectivity index (χ4v) is 1.17. The molecule has 1 unspecified atom stereocenters. The maximum absolute atomic E-state index is 5.32. The van der Waals surface area contributed by atoms with Gasteiger partial charge in [-0.25, -0.2) is 0 Å². The van der Waals surface area contributed by atoms with Gasteiger partial charge < -0.3 is 15.1 Å². The second-order valence-corrected chi connectivity index (χ2v) is 3.17. The predicted molar refractivity (Wildman–Crippen MR) is 51.5 cm³/mol. The van der Waals surface area contributed by atoms with Gasteiger partial charge in [-0.05, 0) is 13.3 Å². The smallest absolute Gasteiger partial charge is 0.319 e. The van der Waals surface area contributed by atoms with Crippen molar-refractivity contribution in [1.82, 2.24) is 10.2 Å². The minimum Gasteiger partial charge on any atom is -0.390 e. The Balaban J connectivity index is 2.61. The molecule has 5 nitrogen and oxygen atoms in total. The van der Waals surface area contributed by atoms with E-state index in [9.17, 15) is 0 Å². The SMILES string of the molecule is CCCC(C)N(C)c1nnc(N)o1. The van der Waals surface area contributed by atoms with Gasteiger partial charge in [0.05, 0.1) is 0 Å². The fourth-order valence-electron chi connectivity index (χ4n) is 1.17. The van der Waals surface area contributed by atoms with E-state index in [-0.39, 0.29) is 6.01 Å². The van der Waals surface area contributed by atoms with Crippen molar-refractivity contribution in [2.24, 2.45) is 0 Å². The molecule has 1 aromatic heterocycles. The number of hydrogen-bond donors (Lipinski definition) is 1. The van der Waals surface area contributed by atoms with E-state index < -0.39 is 0 Å². The first-order chi connectivity index (χ1) is 6.15. The average Bonchev–Trinajstić information content (AvgIpc) is 2.51. The van der Waals surface area contributed by atoms with Crippen molar-refractivity contribution in [3.8, 4) is 0 Å². The quantitative estimate of drug-likeness (QED) is 0.763. The summed E-state index contributed by atoms with van der Waals surface area (Å²) in [7, 11) is 1.92. The van der Waals surface area contributed by atoms with Crippen molar-refractivity contribution < 1.29 is 4.42 Å². The molecule has 0 aliphatic heterocycles. The normalized spacial score (nSPS) is 12.8. The van der Waals surface area contributed by atoms with Gasteiger partial charge in [-0.3, -0.25) is 0 Å². The number of nitrogens with two attached hydrogens (primary N) is 1. The van der Waals surface area contributed by atoms with Crippen LogP contribution in [0.3, 0.4) is 0 Å². The molecule has 0 saturated heterocycles. The molecule has 1 atom stereocenters. The van der Waals surface area contributed by atoms with Gasteiger partial charge in [0.25, 0.3) is 0 Å². The summed E-state index contributed by atoms with van der Waals surface area (Å²) in [6.45, 7) is 4.26. The number of anilines is 2. The molecule has 1 rings (SSSR count). The standard InChI is InChI=1S/C8H16N4O/c1-4-5-6(2)12(3)8-11-10-7(9)13-8/h6H,4-5H2,1-3H3,(H2,9,10). The third kappa shape index (κ3) is 2.34. The lowest BCUT2D eigenvalue weighted by atomic mass is 10.2. The summed E-state index contributed by atoms with van der Waals surface area (Å²) in [4.78, 5) is 1.94. The summed E-state index contributed by atoms with van der Waals surface area (Å²) >= 11 is 0. The second kappa shape index (κ2) is 4.11. The highest BCUT2D eigenvalue weighted by Gasteiger charge is 2.14. The van der Waals surface area contributed by atoms with Crippen LogP contribution < -0.4 is 10.6 Å². The molecule has 5 heteroatoms. The minimum atomic E-state index is 0.116. The third-order valence-electron chi connectivity index (χ3n) is 2.10. The van der Waals surface area contributed by atoms with E-state index in [1.807, 2.05) is 11.9 Å². The van der Waals surface area contributed by atoms with Crippen molar-refractivity contribution in [3.63, 3.8) is 0 Å². The van der Waals surface area contributed by atoms with Crippen LogP contribution in [0.1, 0.15) is 26.7 Å². The number of nitrogen functional groups attached to an aromatic ring is 1. The topological polar surface area (TPSA) is 68.2 Å². The van der Waals surface area contributed by atoms with E-state index in [4.69, 9.17) is 10.2 Å². The highest BCUT2D eigenvalue weighted by molar-refractivity contribution is 5.27. The molecule has 0 aromatic carbocycles. The van der Waals surface area contributed by atoms with Crippen molar-refractivity contribution in [3.05, 3.63) is 0 Å². The van der Waals surface area contributed by atoms with Gasteiger partial charge in [-0.1, -0.05) is 23.5 Å². The zero-order chi connectivity index (χ0) is 9.84. The average molecular weight is 184 g/mol. The summed E-state index contributed by atoms with van der Waals surface area (Å²) < 4.78 is 5.09. The zero-order valence-electron chi connectivity index (χ0n) is 8.32. The van der Waals surface area contributed by atoms with Crippen molar-refractivity contribution in [1.29, 1.82) is 0 Å². The Morgan fingerprint density at radius 3 is 2.69 bits per heavy atom. The van der Waals surface area contributed by atoms with Crippen LogP contribution in [0.25, 0.3) is 0 Å². The van der Waals surface area contributed by atoms with Crippen LogP contribution in [-0.4, -0.2) is 23.3 Å². The maximum atomic E-state index is 5.32. The molecule has 74 valence electrons. The molecule has 0 bridgehead atoms. The van der Waals surface area contributed by atoms with Crippen LogP contribution in [-0.2, 0) is 0 Å². The van der Waals surface area contributed by atoms with E-state index in [2.05, 4.69) is 24.0 Å². The highest BCUT2D eigenvalue weighted by atomic mass is 16.4. The van der Waals surface area contributed by atoms with Crippen molar-refractivity contribution in [2.45, 2.75) is 32.7 Å². The Kier molecular flexibility index (Phi) is 3.11. The first-order valence-electron chi connectivity index (χ1n) is 4.47. The first-order valence-corrected chi connectivity index (χ1v) is 4.47. The van der Waals surface area contributed by atoms with E-state index in [1.165, 1.54) is 0 Å². The fraction of sp³-hybridized carbons (Fsp3) is 0.750. The monoisotopic (exact) mass is 184 g/mol. The maximum Gasteiger partial charge on any atom is 0.319 e. The van der Waals surface area contributed by atoms with Crippen molar-refractivity contribution >= 4 is 12.0 Å². The molecular weight excluding hydrogens is 168 g/mol. The molecule has 0 saturated carbocycles. The third-order valence-corrected chi connectivity index (χ3v) is 2.10. The van der Waals surface area contributed by atoms with Crippen LogP contribution in [0.2, 0.25) is 0 Å². The first kappa shape index (κ1) is 9.83. The molecular formula is C8H16N4O. The summed E-state index contributed by atoms with van der Waals surface area (Å²) in [5.74, 6) is 0. The molecule has 0 fully saturated rings. The molecule has 1 aromatic rings. The van der Waals surface area contributed by atoms with E-state index in [1.54, 1.807) is 0 Å². The molecule has 0 spiro atoms. The summed E-state index contributed by atoms with van der Waals surface area (Å²) in [5, 5.41) is 7.40. The molecule has 0 amide bonds. The van der Waals surface area contributed by atoms with Gasteiger partial charge in [-0.15, -0.1) is 0 Å². The Bertz CT molecular complexity index is 260. The lowest BCUT2D eigenvalue weighted by Crippen LogP contribution is -2.28. The van der Waals surface area contributed by atoms with Crippen LogP contribution in [0.4, 0.5) is 12.0 Å². The number of rotatable bonds is 4. The Morgan fingerprint density at radius 2 is 2.23 bits per heavy atom. The molecule has 13 heavy (non-hydrogen) atoms. The summed E-state index contributed by atoms with van der Waals surface area (Å²) in [5.41, 5.74) is 5.32. The van der Waals surface area contributed by atoms with E-state index in [0.29, 0.717) is 12.1 Å². The van der Waals surface area contributed by atoms with Gasteiger partial charge in [0, 0.05) is 13.1 Å². The van der Waals surface area contributed by atoms with Crippen LogP contribution in [0.15, 0.2) is 4.42 Å². The molecule has 2 N–H and O–H groups in total. The number of nitrogens with zero attached hydrogens (tertiary/aromatic N) is 3. The minimum absolute atomic E-state index is 0.116. The molecule has 0 aliphatic rings.